The summed E-state index contributed by atoms with van der Waals surface area (Å²) in [5.41, 5.74) is 2.69. The van der Waals surface area contributed by atoms with Crippen LogP contribution < -0.4 is 15.4 Å². The van der Waals surface area contributed by atoms with Crippen LogP contribution in [-0.2, 0) is 9.59 Å². The third-order valence-corrected chi connectivity index (χ3v) is 5.37. The van der Waals surface area contributed by atoms with Crippen LogP contribution in [0.4, 0.5) is 11.4 Å². The van der Waals surface area contributed by atoms with E-state index >= 15 is 0 Å². The molecule has 0 aliphatic heterocycles. The second-order valence-electron chi connectivity index (χ2n) is 8.03. The van der Waals surface area contributed by atoms with E-state index in [9.17, 15) is 9.59 Å². The molecule has 0 unspecified atom stereocenters. The van der Waals surface area contributed by atoms with Crippen molar-refractivity contribution in [2.75, 3.05) is 10.6 Å². The second-order valence-corrected chi connectivity index (χ2v) is 8.03. The van der Waals surface area contributed by atoms with E-state index in [0.29, 0.717) is 0 Å². The van der Waals surface area contributed by atoms with Gasteiger partial charge in [0.05, 0.1) is 6.10 Å². The molecule has 0 spiro atoms. The Morgan fingerprint density at radius 2 is 1.41 bits per heavy atom. The summed E-state index contributed by atoms with van der Waals surface area (Å²) in [5, 5.41) is 6.02. The molecule has 3 rings (SSSR count). The molecule has 1 aliphatic carbocycles. The standard InChI is InChI=1S/C24H30N2O3/c1-16(2)29-21-14-12-20(13-15-21)25-23(27)18-8-10-19(11-9-18)24(28)26-22-7-5-4-6-17(22)3/h4-7,12-16,18-19H,8-11H2,1-3H3,(H,25,27)(H,26,28). The van der Waals surface area contributed by atoms with E-state index in [4.69, 9.17) is 4.74 Å². The molecule has 29 heavy (non-hydrogen) atoms. The summed E-state index contributed by atoms with van der Waals surface area (Å²) in [5.74, 6) is 0.785. The van der Waals surface area contributed by atoms with Crippen LogP contribution in [0.2, 0.25) is 0 Å². The Hall–Kier alpha value is -2.82. The molecule has 2 aromatic rings. The second kappa shape index (κ2) is 9.59. The van der Waals surface area contributed by atoms with Gasteiger partial charge in [-0.2, -0.15) is 0 Å². The highest BCUT2D eigenvalue weighted by molar-refractivity contribution is 5.94. The molecule has 2 amide bonds. The van der Waals surface area contributed by atoms with E-state index in [0.717, 1.165) is 48.4 Å². The SMILES string of the molecule is Cc1ccccc1NC(=O)C1CCC(C(=O)Nc2ccc(OC(C)C)cc2)CC1. The highest BCUT2D eigenvalue weighted by Crippen LogP contribution is 2.31. The number of carbonyl (C=O) groups excluding carboxylic acids is 2. The summed E-state index contributed by atoms with van der Waals surface area (Å²) in [4.78, 5) is 25.2. The van der Waals surface area contributed by atoms with Crippen LogP contribution >= 0.6 is 0 Å². The van der Waals surface area contributed by atoms with Crippen molar-refractivity contribution < 1.29 is 14.3 Å². The molecule has 0 saturated heterocycles. The summed E-state index contributed by atoms with van der Waals surface area (Å²) >= 11 is 0. The molecular weight excluding hydrogens is 364 g/mol. The molecule has 5 nitrogen and oxygen atoms in total. The van der Waals surface area contributed by atoms with Crippen molar-refractivity contribution in [1.82, 2.24) is 0 Å². The van der Waals surface area contributed by atoms with Crippen LogP contribution in [0.5, 0.6) is 5.75 Å². The number of anilines is 2. The van der Waals surface area contributed by atoms with Crippen molar-refractivity contribution in [1.29, 1.82) is 0 Å². The maximum atomic E-state index is 12.6. The lowest BCUT2D eigenvalue weighted by molar-refractivity contribution is -0.125. The van der Waals surface area contributed by atoms with Gasteiger partial charge in [-0.25, -0.2) is 0 Å². The number of ether oxygens (including phenoxy) is 1. The maximum absolute atomic E-state index is 12.6. The Bertz CT molecular complexity index is 837. The van der Waals surface area contributed by atoms with Crippen molar-refractivity contribution in [3.8, 4) is 5.75 Å². The predicted molar refractivity (Wildman–Crippen MR) is 116 cm³/mol. The molecule has 1 fully saturated rings. The molecule has 2 N–H and O–H groups in total. The van der Waals surface area contributed by atoms with Gasteiger partial charge >= 0.3 is 0 Å². The average Bonchev–Trinajstić information content (AvgIpc) is 2.71. The molecule has 0 atom stereocenters. The third-order valence-electron chi connectivity index (χ3n) is 5.37. The topological polar surface area (TPSA) is 67.4 Å². The van der Waals surface area contributed by atoms with Crippen molar-refractivity contribution in [2.45, 2.75) is 52.6 Å². The minimum atomic E-state index is -0.0518. The first-order chi connectivity index (χ1) is 13.9. The van der Waals surface area contributed by atoms with Crippen LogP contribution in [0.15, 0.2) is 48.5 Å². The van der Waals surface area contributed by atoms with Gasteiger partial charge < -0.3 is 15.4 Å². The minimum Gasteiger partial charge on any atom is -0.491 e. The first-order valence-electron chi connectivity index (χ1n) is 10.4. The van der Waals surface area contributed by atoms with E-state index in [1.807, 2.05) is 69.3 Å². The Morgan fingerprint density at radius 1 is 0.862 bits per heavy atom. The van der Waals surface area contributed by atoms with Crippen molar-refractivity contribution in [3.63, 3.8) is 0 Å². The molecule has 0 bridgehead atoms. The molecule has 0 heterocycles. The molecule has 1 saturated carbocycles. The molecule has 2 aromatic carbocycles. The Labute approximate surface area is 172 Å². The molecule has 1 aliphatic rings. The fourth-order valence-corrected chi connectivity index (χ4v) is 3.70. The van der Waals surface area contributed by atoms with E-state index < -0.39 is 0 Å². The number of hydrogen-bond acceptors (Lipinski definition) is 3. The monoisotopic (exact) mass is 394 g/mol. The number of hydrogen-bond donors (Lipinski definition) is 2. The number of para-hydroxylation sites is 1. The Balaban J connectivity index is 1.48. The number of rotatable bonds is 6. The lowest BCUT2D eigenvalue weighted by atomic mass is 9.81. The molecule has 5 heteroatoms. The van der Waals surface area contributed by atoms with Crippen LogP contribution in [0.25, 0.3) is 0 Å². The van der Waals surface area contributed by atoms with E-state index in [2.05, 4.69) is 10.6 Å². The quantitative estimate of drug-likeness (QED) is 0.711. The minimum absolute atomic E-state index is 0.0280. The lowest BCUT2D eigenvalue weighted by Gasteiger charge is -2.27. The lowest BCUT2D eigenvalue weighted by Crippen LogP contribution is -2.32. The van der Waals surface area contributed by atoms with Crippen molar-refractivity contribution in [2.24, 2.45) is 11.8 Å². The normalized spacial score (nSPS) is 18.9. The zero-order chi connectivity index (χ0) is 20.8. The van der Waals surface area contributed by atoms with Crippen molar-refractivity contribution >= 4 is 23.2 Å². The highest BCUT2D eigenvalue weighted by Gasteiger charge is 2.30. The van der Waals surface area contributed by atoms with E-state index in [-0.39, 0.29) is 29.8 Å². The summed E-state index contributed by atoms with van der Waals surface area (Å²) in [7, 11) is 0. The van der Waals surface area contributed by atoms with Gasteiger partial charge in [-0.1, -0.05) is 18.2 Å². The first-order valence-corrected chi connectivity index (χ1v) is 10.4. The largest absolute Gasteiger partial charge is 0.491 e. The zero-order valence-corrected chi connectivity index (χ0v) is 17.4. The van der Waals surface area contributed by atoms with Crippen LogP contribution in [0, 0.1) is 18.8 Å². The van der Waals surface area contributed by atoms with Gasteiger partial charge in [0.2, 0.25) is 11.8 Å². The van der Waals surface area contributed by atoms with Crippen molar-refractivity contribution in [3.05, 3.63) is 54.1 Å². The number of nitrogens with one attached hydrogen (secondary N) is 2. The molecule has 0 radical (unpaired) electrons. The number of benzene rings is 2. The van der Waals surface area contributed by atoms with Gasteiger partial charge in [0, 0.05) is 23.2 Å². The molecular formula is C24H30N2O3. The van der Waals surface area contributed by atoms with Gasteiger partial charge in [-0.15, -0.1) is 0 Å². The van der Waals surface area contributed by atoms with Crippen LogP contribution in [0.1, 0.15) is 45.1 Å². The summed E-state index contributed by atoms with van der Waals surface area (Å²) in [6.45, 7) is 5.94. The summed E-state index contributed by atoms with van der Waals surface area (Å²) in [6, 6.07) is 15.2. The van der Waals surface area contributed by atoms with Crippen LogP contribution in [-0.4, -0.2) is 17.9 Å². The van der Waals surface area contributed by atoms with E-state index in [1.54, 1.807) is 0 Å². The number of aryl methyl sites for hydroxylation is 1. The van der Waals surface area contributed by atoms with E-state index in [1.165, 1.54) is 0 Å². The first kappa shape index (κ1) is 20.9. The van der Waals surface area contributed by atoms with Crippen LogP contribution in [0.3, 0.4) is 0 Å². The summed E-state index contributed by atoms with van der Waals surface area (Å²) < 4.78 is 5.62. The predicted octanol–water partition coefficient (Wildman–Crippen LogP) is 5.17. The smallest absolute Gasteiger partial charge is 0.227 e. The summed E-state index contributed by atoms with van der Waals surface area (Å²) in [6.07, 6.45) is 3.04. The Kier molecular flexibility index (Phi) is 6.91. The van der Waals surface area contributed by atoms with Gasteiger partial charge in [0.25, 0.3) is 0 Å². The highest BCUT2D eigenvalue weighted by atomic mass is 16.5. The van der Waals surface area contributed by atoms with Gasteiger partial charge in [0.1, 0.15) is 5.75 Å². The van der Waals surface area contributed by atoms with Gasteiger partial charge in [0.15, 0.2) is 0 Å². The van der Waals surface area contributed by atoms with Gasteiger partial charge in [-0.05, 0) is 82.3 Å². The molecule has 154 valence electrons. The molecule has 0 aromatic heterocycles. The Morgan fingerprint density at radius 3 is 1.97 bits per heavy atom. The average molecular weight is 395 g/mol. The maximum Gasteiger partial charge on any atom is 0.227 e. The number of carbonyl (C=O) groups is 2. The van der Waals surface area contributed by atoms with Gasteiger partial charge in [-0.3, -0.25) is 9.59 Å². The number of amides is 2. The fourth-order valence-electron chi connectivity index (χ4n) is 3.70. The zero-order valence-electron chi connectivity index (χ0n) is 17.4. The fraction of sp³-hybridized carbons (Fsp3) is 0.417. The third kappa shape index (κ3) is 5.83.